The van der Waals surface area contributed by atoms with E-state index in [1.165, 1.54) is 96.3 Å². The summed E-state index contributed by atoms with van der Waals surface area (Å²) in [4.78, 5) is 11.2. The highest BCUT2D eigenvalue weighted by atomic mass is 16.5. The monoisotopic (exact) mass is 384 g/mol. The van der Waals surface area contributed by atoms with Gasteiger partial charge in [-0.2, -0.15) is 0 Å². The molecule has 0 radical (unpaired) electrons. The highest BCUT2D eigenvalue weighted by Crippen LogP contribution is 2.13. The average molecular weight is 385 g/mol. The number of carbonyl (C=O) groups is 1. The van der Waals surface area contributed by atoms with Crippen molar-refractivity contribution in [3.8, 4) is 0 Å². The molecule has 0 bridgehead atoms. The van der Waals surface area contributed by atoms with Crippen molar-refractivity contribution in [2.75, 3.05) is 33.4 Å². The van der Waals surface area contributed by atoms with Crippen molar-refractivity contribution < 1.29 is 9.53 Å². The van der Waals surface area contributed by atoms with E-state index in [4.69, 9.17) is 4.74 Å². The topological polar surface area (TPSA) is 50.4 Å². The molecule has 0 aliphatic rings. The van der Waals surface area contributed by atoms with Crippen molar-refractivity contribution in [3.05, 3.63) is 0 Å². The van der Waals surface area contributed by atoms with Crippen LogP contribution in [0.2, 0.25) is 0 Å². The van der Waals surface area contributed by atoms with E-state index < -0.39 is 0 Å². The predicted octanol–water partition coefficient (Wildman–Crippen LogP) is 5.60. The normalized spacial score (nSPS) is 11.0. The van der Waals surface area contributed by atoms with Crippen LogP contribution in [0.25, 0.3) is 0 Å². The first-order valence-electron chi connectivity index (χ1n) is 11.8. The van der Waals surface area contributed by atoms with E-state index in [9.17, 15) is 4.79 Å². The molecule has 0 fully saturated rings. The average Bonchev–Trinajstić information content (AvgIpc) is 2.66. The Morgan fingerprint density at radius 2 is 1.11 bits per heavy atom. The lowest BCUT2D eigenvalue weighted by Gasteiger charge is -2.06. The molecule has 4 nitrogen and oxygen atoms in total. The molecular formula is C23H48N2O2. The summed E-state index contributed by atoms with van der Waals surface area (Å²) >= 11 is 0. The number of hydrogen-bond donors (Lipinski definition) is 2. The summed E-state index contributed by atoms with van der Waals surface area (Å²) in [6, 6.07) is 0. The van der Waals surface area contributed by atoms with Crippen molar-refractivity contribution in [1.82, 2.24) is 10.6 Å². The first-order chi connectivity index (χ1) is 13.3. The predicted molar refractivity (Wildman–Crippen MR) is 117 cm³/mol. The fourth-order valence-electron chi connectivity index (χ4n) is 3.34. The summed E-state index contributed by atoms with van der Waals surface area (Å²) in [6.07, 6.45) is 22.3. The van der Waals surface area contributed by atoms with E-state index in [0.717, 1.165) is 13.0 Å². The molecule has 27 heavy (non-hydrogen) atoms. The van der Waals surface area contributed by atoms with Crippen molar-refractivity contribution >= 4 is 5.91 Å². The first kappa shape index (κ1) is 26.4. The summed E-state index contributed by atoms with van der Waals surface area (Å²) in [6.45, 7) is 4.71. The summed E-state index contributed by atoms with van der Waals surface area (Å²) in [5.41, 5.74) is 0. The highest BCUT2D eigenvalue weighted by molar-refractivity contribution is 5.77. The van der Waals surface area contributed by atoms with Crippen LogP contribution in [0.1, 0.15) is 110 Å². The Balaban J connectivity index is 3.02. The van der Waals surface area contributed by atoms with Gasteiger partial charge < -0.3 is 15.4 Å². The third kappa shape index (κ3) is 23.4. The molecular weight excluding hydrogens is 336 g/mol. The van der Waals surface area contributed by atoms with Gasteiger partial charge in [0, 0.05) is 13.2 Å². The summed E-state index contributed by atoms with van der Waals surface area (Å²) in [7, 11) is 1.77. The van der Waals surface area contributed by atoms with E-state index in [0.29, 0.717) is 19.7 Å². The van der Waals surface area contributed by atoms with Gasteiger partial charge in [0.2, 0.25) is 5.91 Å². The van der Waals surface area contributed by atoms with Gasteiger partial charge in [0.05, 0.1) is 13.2 Å². The Bertz CT molecular complexity index is 298. The highest BCUT2D eigenvalue weighted by Gasteiger charge is 1.97. The van der Waals surface area contributed by atoms with Crippen LogP contribution in [0.4, 0.5) is 0 Å². The Morgan fingerprint density at radius 1 is 0.667 bits per heavy atom. The van der Waals surface area contributed by atoms with Crippen molar-refractivity contribution in [1.29, 1.82) is 0 Å². The third-order valence-electron chi connectivity index (χ3n) is 5.05. The second-order valence-corrected chi connectivity index (χ2v) is 7.80. The molecule has 0 rings (SSSR count). The van der Waals surface area contributed by atoms with Crippen LogP contribution in [-0.2, 0) is 9.53 Å². The van der Waals surface area contributed by atoms with E-state index in [-0.39, 0.29) is 5.91 Å². The number of ether oxygens (including phenoxy) is 1. The maximum Gasteiger partial charge on any atom is 0.234 e. The summed E-state index contributed by atoms with van der Waals surface area (Å²) in [5.74, 6) is 0.0310. The zero-order valence-electron chi connectivity index (χ0n) is 18.5. The molecule has 0 aromatic heterocycles. The number of carbonyl (C=O) groups excluding carboxylic acids is 1. The smallest absolute Gasteiger partial charge is 0.234 e. The first-order valence-corrected chi connectivity index (χ1v) is 11.8. The molecule has 0 aliphatic heterocycles. The molecule has 1 amide bonds. The number of unbranched alkanes of at least 4 members (excludes halogenated alkanes) is 15. The SMILES string of the molecule is CCCCCCCCCCCCCCCCCCOCCNC(=O)CNC. The number of rotatable bonds is 22. The Hall–Kier alpha value is -0.610. The van der Waals surface area contributed by atoms with Crippen molar-refractivity contribution in [3.63, 3.8) is 0 Å². The van der Waals surface area contributed by atoms with Crippen LogP contribution in [-0.4, -0.2) is 39.3 Å². The standard InChI is InChI=1S/C23H48N2O2/c1-3-4-5-6-7-8-9-10-11-12-13-14-15-16-17-18-20-27-21-19-25-23(26)22-24-2/h24H,3-22H2,1-2H3,(H,25,26). The lowest BCUT2D eigenvalue weighted by molar-refractivity contribution is -0.120. The minimum atomic E-state index is 0.0310. The van der Waals surface area contributed by atoms with Crippen LogP contribution >= 0.6 is 0 Å². The van der Waals surface area contributed by atoms with Gasteiger partial charge in [0.25, 0.3) is 0 Å². The van der Waals surface area contributed by atoms with Crippen LogP contribution in [0.3, 0.4) is 0 Å². The van der Waals surface area contributed by atoms with E-state index in [2.05, 4.69) is 17.6 Å². The zero-order valence-corrected chi connectivity index (χ0v) is 18.5. The number of likely N-dealkylation sites (N-methyl/N-ethyl adjacent to an activating group) is 1. The second-order valence-electron chi connectivity index (χ2n) is 7.80. The number of amides is 1. The summed E-state index contributed by atoms with van der Waals surface area (Å²) < 4.78 is 5.55. The minimum absolute atomic E-state index is 0.0310. The molecule has 0 heterocycles. The second kappa shape index (κ2) is 23.4. The van der Waals surface area contributed by atoms with E-state index in [1.807, 2.05) is 0 Å². The van der Waals surface area contributed by atoms with Gasteiger partial charge in [0.1, 0.15) is 0 Å². The van der Waals surface area contributed by atoms with Gasteiger partial charge in [-0.3, -0.25) is 4.79 Å². The van der Waals surface area contributed by atoms with E-state index in [1.54, 1.807) is 7.05 Å². The van der Waals surface area contributed by atoms with Crippen molar-refractivity contribution in [2.45, 2.75) is 110 Å². The fraction of sp³-hybridized carbons (Fsp3) is 0.957. The Kier molecular flexibility index (Phi) is 22.9. The van der Waals surface area contributed by atoms with Gasteiger partial charge in [-0.1, -0.05) is 103 Å². The van der Waals surface area contributed by atoms with Gasteiger partial charge >= 0.3 is 0 Å². The Labute approximate surface area is 169 Å². The zero-order chi connectivity index (χ0) is 19.8. The lowest BCUT2D eigenvalue weighted by Crippen LogP contribution is -2.34. The van der Waals surface area contributed by atoms with Crippen LogP contribution < -0.4 is 10.6 Å². The molecule has 0 unspecified atom stereocenters. The number of nitrogens with one attached hydrogen (secondary N) is 2. The van der Waals surface area contributed by atoms with Gasteiger partial charge in [0.15, 0.2) is 0 Å². The lowest BCUT2D eigenvalue weighted by atomic mass is 10.0. The third-order valence-corrected chi connectivity index (χ3v) is 5.05. The van der Waals surface area contributed by atoms with Crippen LogP contribution in [0, 0.1) is 0 Å². The molecule has 0 aromatic carbocycles. The molecule has 0 saturated heterocycles. The van der Waals surface area contributed by atoms with Gasteiger partial charge in [-0.25, -0.2) is 0 Å². The summed E-state index contributed by atoms with van der Waals surface area (Å²) in [5, 5.41) is 5.64. The molecule has 162 valence electrons. The molecule has 2 N–H and O–H groups in total. The maximum absolute atomic E-state index is 11.2. The minimum Gasteiger partial charge on any atom is -0.380 e. The van der Waals surface area contributed by atoms with E-state index >= 15 is 0 Å². The van der Waals surface area contributed by atoms with Crippen LogP contribution in [0.15, 0.2) is 0 Å². The molecule has 0 spiro atoms. The van der Waals surface area contributed by atoms with Crippen molar-refractivity contribution in [2.24, 2.45) is 0 Å². The van der Waals surface area contributed by atoms with Crippen LogP contribution in [0.5, 0.6) is 0 Å². The van der Waals surface area contributed by atoms with Gasteiger partial charge in [-0.15, -0.1) is 0 Å². The quantitative estimate of drug-likeness (QED) is 0.239. The largest absolute Gasteiger partial charge is 0.380 e. The van der Waals surface area contributed by atoms with Gasteiger partial charge in [-0.05, 0) is 13.5 Å². The molecule has 0 aliphatic carbocycles. The molecule has 0 aromatic rings. The Morgan fingerprint density at radius 3 is 1.56 bits per heavy atom. The molecule has 0 saturated carbocycles. The maximum atomic E-state index is 11.2. The number of hydrogen-bond acceptors (Lipinski definition) is 3. The molecule has 0 atom stereocenters. The molecule has 4 heteroatoms. The fourth-order valence-corrected chi connectivity index (χ4v) is 3.34.